The van der Waals surface area contributed by atoms with Gasteiger partial charge < -0.3 is 10.1 Å². The molecule has 5 nitrogen and oxygen atoms in total. The average molecular weight is 250 g/mol. The number of nitrogens with one attached hydrogen (secondary N) is 1. The summed E-state index contributed by atoms with van der Waals surface area (Å²) in [6, 6.07) is 0.403. The second-order valence-electron chi connectivity index (χ2n) is 4.29. The standard InChI is InChI=1S/C10H22N2O3S/c1-12(2)16(13,14)9-6-11-10-4-3-7-15-8-5-10/h10-11H,3-9H2,1-2H3. The van der Waals surface area contributed by atoms with Gasteiger partial charge in [0.2, 0.25) is 10.0 Å². The van der Waals surface area contributed by atoms with Crippen molar-refractivity contribution in [3.8, 4) is 0 Å². The number of nitrogens with zero attached hydrogens (tertiary/aromatic N) is 1. The largest absolute Gasteiger partial charge is 0.381 e. The van der Waals surface area contributed by atoms with E-state index >= 15 is 0 Å². The minimum atomic E-state index is -3.07. The van der Waals surface area contributed by atoms with E-state index in [2.05, 4.69) is 5.32 Å². The average Bonchev–Trinajstić information content (AvgIpc) is 2.46. The van der Waals surface area contributed by atoms with Gasteiger partial charge in [-0.25, -0.2) is 12.7 Å². The number of sulfonamides is 1. The van der Waals surface area contributed by atoms with Crippen LogP contribution in [0.1, 0.15) is 19.3 Å². The molecule has 0 aromatic carbocycles. The molecule has 1 N–H and O–H groups in total. The van der Waals surface area contributed by atoms with Gasteiger partial charge in [-0.3, -0.25) is 0 Å². The molecular formula is C10H22N2O3S. The van der Waals surface area contributed by atoms with E-state index in [-0.39, 0.29) is 5.75 Å². The lowest BCUT2D eigenvalue weighted by Gasteiger charge is -2.17. The highest BCUT2D eigenvalue weighted by Crippen LogP contribution is 2.07. The van der Waals surface area contributed by atoms with E-state index in [0.29, 0.717) is 12.6 Å². The number of rotatable bonds is 5. The summed E-state index contributed by atoms with van der Waals surface area (Å²) >= 11 is 0. The fraction of sp³-hybridized carbons (Fsp3) is 1.00. The molecule has 1 aliphatic heterocycles. The first kappa shape index (κ1) is 13.9. The van der Waals surface area contributed by atoms with E-state index in [1.54, 1.807) is 14.1 Å². The quantitative estimate of drug-likeness (QED) is 0.748. The van der Waals surface area contributed by atoms with Crippen LogP contribution in [0, 0.1) is 0 Å². The molecule has 1 fully saturated rings. The van der Waals surface area contributed by atoms with E-state index in [9.17, 15) is 8.42 Å². The molecule has 1 rings (SSSR count). The molecule has 0 aliphatic carbocycles. The van der Waals surface area contributed by atoms with Crippen LogP contribution in [0.5, 0.6) is 0 Å². The van der Waals surface area contributed by atoms with Crippen molar-refractivity contribution in [3.63, 3.8) is 0 Å². The molecule has 0 bridgehead atoms. The zero-order chi connectivity index (χ0) is 12.0. The summed E-state index contributed by atoms with van der Waals surface area (Å²) in [7, 11) is 0.0601. The van der Waals surface area contributed by atoms with E-state index < -0.39 is 10.0 Å². The first-order chi connectivity index (χ1) is 7.52. The van der Waals surface area contributed by atoms with Gasteiger partial charge in [0.15, 0.2) is 0 Å². The van der Waals surface area contributed by atoms with Gasteiger partial charge in [0.25, 0.3) is 0 Å². The van der Waals surface area contributed by atoms with Gasteiger partial charge in [0.1, 0.15) is 0 Å². The van der Waals surface area contributed by atoms with Crippen LogP contribution in [-0.4, -0.2) is 58.4 Å². The molecule has 6 heteroatoms. The van der Waals surface area contributed by atoms with Crippen molar-refractivity contribution >= 4 is 10.0 Å². The summed E-state index contributed by atoms with van der Waals surface area (Å²) in [5, 5.41) is 3.29. The molecule has 1 heterocycles. The smallest absolute Gasteiger partial charge is 0.214 e. The second-order valence-corrected chi connectivity index (χ2v) is 6.60. The zero-order valence-electron chi connectivity index (χ0n) is 10.1. The minimum absolute atomic E-state index is 0.164. The molecule has 1 unspecified atom stereocenters. The fourth-order valence-electron chi connectivity index (χ4n) is 1.68. The molecular weight excluding hydrogens is 228 g/mol. The summed E-state index contributed by atoms with van der Waals surface area (Å²) in [5.74, 6) is 0.164. The minimum Gasteiger partial charge on any atom is -0.381 e. The van der Waals surface area contributed by atoms with Gasteiger partial charge in [-0.05, 0) is 19.3 Å². The zero-order valence-corrected chi connectivity index (χ0v) is 10.9. The maximum atomic E-state index is 11.5. The van der Waals surface area contributed by atoms with Gasteiger partial charge in [0, 0.05) is 39.9 Å². The molecule has 16 heavy (non-hydrogen) atoms. The Morgan fingerprint density at radius 1 is 1.31 bits per heavy atom. The van der Waals surface area contributed by atoms with Crippen LogP contribution in [0.2, 0.25) is 0 Å². The number of ether oxygens (including phenoxy) is 1. The summed E-state index contributed by atoms with van der Waals surface area (Å²) in [6.07, 6.45) is 3.10. The van der Waals surface area contributed by atoms with Gasteiger partial charge >= 0.3 is 0 Å². The predicted molar refractivity (Wildman–Crippen MR) is 63.9 cm³/mol. The monoisotopic (exact) mass is 250 g/mol. The first-order valence-corrected chi connectivity index (χ1v) is 7.34. The highest BCUT2D eigenvalue weighted by molar-refractivity contribution is 7.89. The Hall–Kier alpha value is -0.170. The van der Waals surface area contributed by atoms with Crippen LogP contribution in [-0.2, 0) is 14.8 Å². The second kappa shape index (κ2) is 6.54. The van der Waals surface area contributed by atoms with Crippen molar-refractivity contribution in [2.75, 3.05) is 39.6 Å². The third kappa shape index (κ3) is 4.78. The number of hydrogen-bond acceptors (Lipinski definition) is 4. The van der Waals surface area contributed by atoms with Crippen LogP contribution in [0.25, 0.3) is 0 Å². The molecule has 0 aromatic rings. The van der Waals surface area contributed by atoms with Crippen molar-refractivity contribution in [3.05, 3.63) is 0 Å². The molecule has 1 atom stereocenters. The lowest BCUT2D eigenvalue weighted by atomic mass is 10.1. The van der Waals surface area contributed by atoms with Crippen LogP contribution < -0.4 is 5.32 Å². The lowest BCUT2D eigenvalue weighted by molar-refractivity contribution is 0.142. The van der Waals surface area contributed by atoms with Crippen LogP contribution in [0.4, 0.5) is 0 Å². The van der Waals surface area contributed by atoms with Crippen molar-refractivity contribution in [1.29, 1.82) is 0 Å². The fourth-order valence-corrected chi connectivity index (χ4v) is 2.42. The van der Waals surface area contributed by atoms with E-state index in [1.165, 1.54) is 4.31 Å². The highest BCUT2D eigenvalue weighted by Gasteiger charge is 2.15. The molecule has 0 radical (unpaired) electrons. The van der Waals surface area contributed by atoms with Gasteiger partial charge in [-0.15, -0.1) is 0 Å². The van der Waals surface area contributed by atoms with Crippen molar-refractivity contribution in [1.82, 2.24) is 9.62 Å². The summed E-state index contributed by atoms with van der Waals surface area (Å²) in [6.45, 7) is 2.12. The molecule has 0 amide bonds. The predicted octanol–water partition coefficient (Wildman–Crippen LogP) is 0.0365. The van der Waals surface area contributed by atoms with Crippen LogP contribution in [0.3, 0.4) is 0 Å². The van der Waals surface area contributed by atoms with Crippen LogP contribution >= 0.6 is 0 Å². The van der Waals surface area contributed by atoms with Gasteiger partial charge in [-0.2, -0.15) is 0 Å². The first-order valence-electron chi connectivity index (χ1n) is 5.74. The van der Waals surface area contributed by atoms with Gasteiger partial charge in [0.05, 0.1) is 5.75 Å². The maximum absolute atomic E-state index is 11.5. The molecule has 0 spiro atoms. The van der Waals surface area contributed by atoms with Gasteiger partial charge in [-0.1, -0.05) is 0 Å². The lowest BCUT2D eigenvalue weighted by Crippen LogP contribution is -2.36. The highest BCUT2D eigenvalue weighted by atomic mass is 32.2. The molecule has 1 saturated heterocycles. The molecule has 0 aromatic heterocycles. The molecule has 1 aliphatic rings. The topological polar surface area (TPSA) is 58.6 Å². The van der Waals surface area contributed by atoms with Crippen molar-refractivity contribution < 1.29 is 13.2 Å². The Morgan fingerprint density at radius 2 is 2.06 bits per heavy atom. The summed E-state index contributed by atoms with van der Waals surface area (Å²) < 4.78 is 29.6. The summed E-state index contributed by atoms with van der Waals surface area (Å²) in [4.78, 5) is 0. The third-order valence-corrected chi connectivity index (χ3v) is 4.63. The molecule has 96 valence electrons. The Balaban J connectivity index is 2.24. The normalized spacial score (nSPS) is 23.3. The Bertz CT molecular complexity index is 282. The number of hydrogen-bond donors (Lipinski definition) is 1. The molecule has 0 saturated carbocycles. The van der Waals surface area contributed by atoms with E-state index in [0.717, 1.165) is 32.5 Å². The maximum Gasteiger partial charge on any atom is 0.214 e. The van der Waals surface area contributed by atoms with Crippen LogP contribution in [0.15, 0.2) is 0 Å². The van der Waals surface area contributed by atoms with E-state index in [4.69, 9.17) is 4.74 Å². The SMILES string of the molecule is CN(C)S(=O)(=O)CCNC1CCCOCC1. The Labute approximate surface area is 98.2 Å². The Kier molecular flexibility index (Phi) is 5.68. The van der Waals surface area contributed by atoms with E-state index in [1.807, 2.05) is 0 Å². The third-order valence-electron chi connectivity index (χ3n) is 2.80. The van der Waals surface area contributed by atoms with Crippen molar-refractivity contribution in [2.45, 2.75) is 25.3 Å². The van der Waals surface area contributed by atoms with Crippen molar-refractivity contribution in [2.24, 2.45) is 0 Å². The Morgan fingerprint density at radius 3 is 2.75 bits per heavy atom. The summed E-state index contributed by atoms with van der Waals surface area (Å²) in [5.41, 5.74) is 0.